The van der Waals surface area contributed by atoms with Crippen LogP contribution in [0.4, 0.5) is 4.79 Å². The summed E-state index contributed by atoms with van der Waals surface area (Å²) < 4.78 is 10.5. The van der Waals surface area contributed by atoms with Gasteiger partial charge in [0.25, 0.3) is 0 Å². The molecule has 2 atom stereocenters. The van der Waals surface area contributed by atoms with E-state index in [1.807, 2.05) is 65.0 Å². The summed E-state index contributed by atoms with van der Waals surface area (Å²) in [5, 5.41) is 2.78. The van der Waals surface area contributed by atoms with Crippen molar-refractivity contribution >= 4 is 12.1 Å². The standard InChI is InChI=1S/C19H29NO4/c1-14(17(21)24-19(3,4)5)11-12-15(2)20-18(22)23-13-16-9-7-6-8-10-16/h6-10,14-15H,11-13H2,1-5H3,(H,20,22)/t14-,15+/m1/s1. The Hall–Kier alpha value is -2.04. The lowest BCUT2D eigenvalue weighted by molar-refractivity contribution is -0.159. The average Bonchev–Trinajstić information content (AvgIpc) is 2.50. The fourth-order valence-corrected chi connectivity index (χ4v) is 2.06. The summed E-state index contributed by atoms with van der Waals surface area (Å²) in [6.07, 6.45) is 0.881. The molecule has 0 radical (unpaired) electrons. The molecule has 0 saturated heterocycles. The molecular formula is C19H29NO4. The van der Waals surface area contributed by atoms with Gasteiger partial charge in [-0.3, -0.25) is 4.79 Å². The fourth-order valence-electron chi connectivity index (χ4n) is 2.06. The van der Waals surface area contributed by atoms with Crippen LogP contribution in [0.3, 0.4) is 0 Å². The third-order valence-corrected chi connectivity index (χ3v) is 3.42. The first-order chi connectivity index (χ1) is 11.2. The minimum atomic E-state index is -0.476. The Labute approximate surface area is 144 Å². The second-order valence-electron chi connectivity index (χ2n) is 7.12. The first-order valence-corrected chi connectivity index (χ1v) is 8.37. The summed E-state index contributed by atoms with van der Waals surface area (Å²) in [4.78, 5) is 23.7. The number of hydrogen-bond donors (Lipinski definition) is 1. The predicted molar refractivity (Wildman–Crippen MR) is 93.5 cm³/mol. The Balaban J connectivity index is 2.26. The third kappa shape index (κ3) is 8.56. The Morgan fingerprint density at radius 2 is 1.71 bits per heavy atom. The van der Waals surface area contributed by atoms with E-state index in [1.54, 1.807) is 0 Å². The summed E-state index contributed by atoms with van der Waals surface area (Å²) in [6.45, 7) is 9.54. The topological polar surface area (TPSA) is 64.6 Å². The minimum Gasteiger partial charge on any atom is -0.460 e. The van der Waals surface area contributed by atoms with Crippen molar-refractivity contribution in [1.82, 2.24) is 5.32 Å². The van der Waals surface area contributed by atoms with Gasteiger partial charge in [0.05, 0.1) is 5.92 Å². The Kier molecular flexibility index (Phi) is 7.75. The summed E-state index contributed by atoms with van der Waals surface area (Å²) in [7, 11) is 0. The van der Waals surface area contributed by atoms with E-state index in [1.165, 1.54) is 0 Å². The maximum absolute atomic E-state index is 11.9. The number of nitrogens with one attached hydrogen (secondary N) is 1. The van der Waals surface area contributed by atoms with E-state index in [-0.39, 0.29) is 24.5 Å². The number of carbonyl (C=O) groups is 2. The van der Waals surface area contributed by atoms with E-state index >= 15 is 0 Å². The molecule has 0 aliphatic rings. The van der Waals surface area contributed by atoms with Gasteiger partial charge in [-0.2, -0.15) is 0 Å². The monoisotopic (exact) mass is 335 g/mol. The van der Waals surface area contributed by atoms with Crippen LogP contribution in [0.25, 0.3) is 0 Å². The van der Waals surface area contributed by atoms with Crippen LogP contribution < -0.4 is 5.32 Å². The third-order valence-electron chi connectivity index (χ3n) is 3.42. The highest BCUT2D eigenvalue weighted by atomic mass is 16.6. The van der Waals surface area contributed by atoms with Gasteiger partial charge in [0.1, 0.15) is 12.2 Å². The molecule has 0 aliphatic heterocycles. The van der Waals surface area contributed by atoms with Crippen LogP contribution in [0.5, 0.6) is 0 Å². The van der Waals surface area contributed by atoms with Crippen molar-refractivity contribution in [3.05, 3.63) is 35.9 Å². The number of benzene rings is 1. The summed E-state index contributed by atoms with van der Waals surface area (Å²) >= 11 is 0. The summed E-state index contributed by atoms with van der Waals surface area (Å²) in [5.41, 5.74) is 0.468. The second kappa shape index (κ2) is 9.30. The van der Waals surface area contributed by atoms with Crippen LogP contribution in [0.15, 0.2) is 30.3 Å². The number of carbonyl (C=O) groups excluding carboxylic acids is 2. The molecule has 0 aromatic heterocycles. The van der Waals surface area contributed by atoms with Crippen LogP contribution in [0, 0.1) is 5.92 Å². The smallest absolute Gasteiger partial charge is 0.407 e. The van der Waals surface area contributed by atoms with Crippen molar-refractivity contribution in [2.24, 2.45) is 5.92 Å². The molecule has 0 saturated carbocycles. The molecule has 0 bridgehead atoms. The number of rotatable bonds is 7. The molecule has 1 amide bonds. The second-order valence-corrected chi connectivity index (χ2v) is 7.12. The van der Waals surface area contributed by atoms with E-state index in [0.29, 0.717) is 12.8 Å². The molecule has 0 heterocycles. The van der Waals surface area contributed by atoms with Crippen LogP contribution in [0.1, 0.15) is 53.0 Å². The van der Waals surface area contributed by atoms with Crippen molar-refractivity contribution in [2.75, 3.05) is 0 Å². The van der Waals surface area contributed by atoms with E-state index in [4.69, 9.17) is 9.47 Å². The molecule has 5 heteroatoms. The van der Waals surface area contributed by atoms with Crippen molar-refractivity contribution in [1.29, 1.82) is 0 Å². The highest BCUT2D eigenvalue weighted by Gasteiger charge is 2.22. The summed E-state index contributed by atoms with van der Waals surface area (Å²) in [5.74, 6) is -0.407. The average molecular weight is 335 g/mol. The molecule has 134 valence electrons. The molecule has 0 unspecified atom stereocenters. The minimum absolute atomic E-state index is 0.0711. The Morgan fingerprint density at radius 3 is 2.29 bits per heavy atom. The largest absolute Gasteiger partial charge is 0.460 e. The van der Waals surface area contributed by atoms with Gasteiger partial charge >= 0.3 is 12.1 Å². The maximum atomic E-state index is 11.9. The van der Waals surface area contributed by atoms with Crippen LogP contribution in [0.2, 0.25) is 0 Å². The van der Waals surface area contributed by atoms with Crippen molar-refractivity contribution in [3.8, 4) is 0 Å². The van der Waals surface area contributed by atoms with Crippen LogP contribution >= 0.6 is 0 Å². The van der Waals surface area contributed by atoms with E-state index in [9.17, 15) is 9.59 Å². The van der Waals surface area contributed by atoms with Gasteiger partial charge in [0, 0.05) is 6.04 Å². The highest BCUT2D eigenvalue weighted by molar-refractivity contribution is 5.72. The van der Waals surface area contributed by atoms with Crippen LogP contribution in [-0.2, 0) is 20.9 Å². The maximum Gasteiger partial charge on any atom is 0.407 e. The van der Waals surface area contributed by atoms with Crippen molar-refractivity contribution in [3.63, 3.8) is 0 Å². The lowest BCUT2D eigenvalue weighted by atomic mass is 10.0. The van der Waals surface area contributed by atoms with Gasteiger partial charge in [0.15, 0.2) is 0 Å². The first-order valence-electron chi connectivity index (χ1n) is 8.37. The predicted octanol–water partition coefficient (Wildman–Crippen LogP) is 4.06. The van der Waals surface area contributed by atoms with Gasteiger partial charge in [-0.15, -0.1) is 0 Å². The molecule has 1 N–H and O–H groups in total. The van der Waals surface area contributed by atoms with Gasteiger partial charge in [-0.1, -0.05) is 37.3 Å². The zero-order chi connectivity index (χ0) is 18.2. The molecule has 0 aliphatic carbocycles. The van der Waals surface area contributed by atoms with Crippen LogP contribution in [-0.4, -0.2) is 23.7 Å². The molecule has 24 heavy (non-hydrogen) atoms. The van der Waals surface area contributed by atoms with Gasteiger partial charge in [-0.25, -0.2) is 4.79 Å². The molecule has 0 fully saturated rings. The number of esters is 1. The van der Waals surface area contributed by atoms with Gasteiger partial charge < -0.3 is 14.8 Å². The molecule has 1 aromatic rings. The van der Waals surface area contributed by atoms with E-state index < -0.39 is 11.7 Å². The molecular weight excluding hydrogens is 306 g/mol. The number of alkyl carbamates (subject to hydrolysis) is 1. The normalized spacial score (nSPS) is 13.7. The molecule has 1 rings (SSSR count). The highest BCUT2D eigenvalue weighted by Crippen LogP contribution is 2.15. The SMILES string of the molecule is C[C@H](CC[C@H](C)NC(=O)OCc1ccccc1)C(=O)OC(C)(C)C. The Morgan fingerprint density at radius 1 is 1.08 bits per heavy atom. The lowest BCUT2D eigenvalue weighted by Crippen LogP contribution is -2.34. The van der Waals surface area contributed by atoms with Gasteiger partial charge in [0.2, 0.25) is 0 Å². The van der Waals surface area contributed by atoms with E-state index in [0.717, 1.165) is 5.56 Å². The number of hydrogen-bond acceptors (Lipinski definition) is 4. The van der Waals surface area contributed by atoms with Crippen molar-refractivity contribution in [2.45, 2.75) is 65.7 Å². The van der Waals surface area contributed by atoms with E-state index in [2.05, 4.69) is 5.32 Å². The number of amides is 1. The fraction of sp³-hybridized carbons (Fsp3) is 0.579. The molecule has 5 nitrogen and oxygen atoms in total. The number of ether oxygens (including phenoxy) is 2. The quantitative estimate of drug-likeness (QED) is 0.763. The molecule has 1 aromatic carbocycles. The summed E-state index contributed by atoms with van der Waals surface area (Å²) in [6, 6.07) is 9.45. The zero-order valence-electron chi connectivity index (χ0n) is 15.3. The molecule has 0 spiro atoms. The first kappa shape index (κ1) is 20.0. The lowest BCUT2D eigenvalue weighted by Gasteiger charge is -2.23. The zero-order valence-corrected chi connectivity index (χ0v) is 15.3. The Bertz CT molecular complexity index is 522. The van der Waals surface area contributed by atoms with Gasteiger partial charge in [-0.05, 0) is 46.1 Å². The van der Waals surface area contributed by atoms with Crippen molar-refractivity contribution < 1.29 is 19.1 Å².